The summed E-state index contributed by atoms with van der Waals surface area (Å²) in [4.78, 5) is 11.3. The van der Waals surface area contributed by atoms with Crippen LogP contribution in [0.2, 0.25) is 0 Å². The van der Waals surface area contributed by atoms with E-state index in [0.29, 0.717) is 25.5 Å². The smallest absolute Gasteiger partial charge is 0.287 e. The van der Waals surface area contributed by atoms with Crippen molar-refractivity contribution < 1.29 is 13.9 Å². The molecule has 15 heavy (non-hydrogen) atoms. The highest BCUT2D eigenvalue weighted by molar-refractivity contribution is 5.91. The van der Waals surface area contributed by atoms with Crippen molar-refractivity contribution in [2.75, 3.05) is 19.8 Å². The average molecular weight is 209 g/mol. The Balaban J connectivity index is 2.10. The molecule has 4 heteroatoms. The molecule has 0 aliphatic heterocycles. The summed E-state index contributed by atoms with van der Waals surface area (Å²) in [5, 5.41) is 2.67. The maximum atomic E-state index is 11.3. The number of hydrogen-bond acceptors (Lipinski definition) is 3. The number of nitrogens with one attached hydrogen (secondary N) is 1. The molecule has 0 spiro atoms. The quantitative estimate of drug-likeness (QED) is 0.572. The molecular formula is C11H15NO3. The highest BCUT2D eigenvalue weighted by atomic mass is 16.5. The third-order valence-corrected chi connectivity index (χ3v) is 1.63. The molecule has 0 radical (unpaired) electrons. The van der Waals surface area contributed by atoms with Gasteiger partial charge in [0.05, 0.1) is 19.5 Å². The lowest BCUT2D eigenvalue weighted by atomic mass is 10.4. The Hall–Kier alpha value is -1.55. The minimum absolute atomic E-state index is 0.223. The number of rotatable bonds is 6. The highest BCUT2D eigenvalue weighted by Gasteiger charge is 2.06. The molecule has 82 valence electrons. The number of carbonyl (C=O) groups excluding carboxylic acids is 1. The van der Waals surface area contributed by atoms with Crippen molar-refractivity contribution in [1.29, 1.82) is 0 Å². The Morgan fingerprint density at radius 3 is 3.07 bits per heavy atom. The van der Waals surface area contributed by atoms with Crippen LogP contribution in [0.3, 0.4) is 0 Å². The van der Waals surface area contributed by atoms with Gasteiger partial charge in [0.2, 0.25) is 0 Å². The molecule has 0 atom stereocenters. The molecule has 1 rings (SSSR count). The zero-order valence-electron chi connectivity index (χ0n) is 8.79. The van der Waals surface area contributed by atoms with E-state index in [2.05, 4.69) is 11.9 Å². The van der Waals surface area contributed by atoms with Gasteiger partial charge in [-0.25, -0.2) is 0 Å². The number of furan rings is 1. The molecule has 1 aromatic rings. The van der Waals surface area contributed by atoms with Gasteiger partial charge in [0.25, 0.3) is 5.91 Å². The number of ether oxygens (including phenoxy) is 1. The van der Waals surface area contributed by atoms with Crippen LogP contribution in [-0.4, -0.2) is 25.7 Å². The molecule has 0 aliphatic carbocycles. The minimum Gasteiger partial charge on any atom is -0.459 e. The SMILES string of the molecule is C=C(C)COCCNC(=O)c1ccco1. The molecule has 1 aromatic heterocycles. The number of amides is 1. The fraction of sp³-hybridized carbons (Fsp3) is 0.364. The Kier molecular flexibility index (Phi) is 4.63. The zero-order valence-corrected chi connectivity index (χ0v) is 8.79. The van der Waals surface area contributed by atoms with Gasteiger partial charge < -0.3 is 14.5 Å². The Morgan fingerprint density at radius 1 is 1.67 bits per heavy atom. The van der Waals surface area contributed by atoms with Gasteiger partial charge in [0, 0.05) is 6.54 Å². The van der Waals surface area contributed by atoms with Gasteiger partial charge in [-0.3, -0.25) is 4.79 Å². The van der Waals surface area contributed by atoms with Gasteiger partial charge in [-0.15, -0.1) is 0 Å². The first kappa shape index (κ1) is 11.5. The first-order valence-electron chi connectivity index (χ1n) is 4.74. The fourth-order valence-corrected chi connectivity index (χ4v) is 0.978. The lowest BCUT2D eigenvalue weighted by molar-refractivity contribution is 0.0899. The van der Waals surface area contributed by atoms with Crippen LogP contribution in [0.1, 0.15) is 17.5 Å². The normalized spacial score (nSPS) is 9.93. The van der Waals surface area contributed by atoms with Gasteiger partial charge in [-0.05, 0) is 19.1 Å². The van der Waals surface area contributed by atoms with E-state index < -0.39 is 0 Å². The summed E-state index contributed by atoms with van der Waals surface area (Å²) >= 11 is 0. The second kappa shape index (κ2) is 6.03. The largest absolute Gasteiger partial charge is 0.459 e. The van der Waals surface area contributed by atoms with Crippen LogP contribution >= 0.6 is 0 Å². The first-order chi connectivity index (χ1) is 7.20. The summed E-state index contributed by atoms with van der Waals surface area (Å²) in [6, 6.07) is 3.29. The van der Waals surface area contributed by atoms with Crippen molar-refractivity contribution in [2.45, 2.75) is 6.92 Å². The van der Waals surface area contributed by atoms with Crippen molar-refractivity contribution in [3.63, 3.8) is 0 Å². The molecule has 0 unspecified atom stereocenters. The monoisotopic (exact) mass is 209 g/mol. The van der Waals surface area contributed by atoms with E-state index >= 15 is 0 Å². The van der Waals surface area contributed by atoms with Crippen LogP contribution in [0.5, 0.6) is 0 Å². The Bertz CT molecular complexity index is 317. The first-order valence-corrected chi connectivity index (χ1v) is 4.74. The van der Waals surface area contributed by atoms with Crippen molar-refractivity contribution >= 4 is 5.91 Å². The van der Waals surface area contributed by atoms with Crippen LogP contribution < -0.4 is 5.32 Å². The van der Waals surface area contributed by atoms with Crippen LogP contribution in [0.25, 0.3) is 0 Å². The molecule has 0 aromatic carbocycles. The highest BCUT2D eigenvalue weighted by Crippen LogP contribution is 1.98. The van der Waals surface area contributed by atoms with Crippen molar-refractivity contribution in [1.82, 2.24) is 5.32 Å². The van der Waals surface area contributed by atoms with Gasteiger partial charge in [0.15, 0.2) is 5.76 Å². The molecule has 0 saturated heterocycles. The third-order valence-electron chi connectivity index (χ3n) is 1.63. The lowest BCUT2D eigenvalue weighted by Crippen LogP contribution is -2.27. The minimum atomic E-state index is -0.223. The van der Waals surface area contributed by atoms with E-state index in [1.807, 2.05) is 6.92 Å². The molecule has 1 heterocycles. The molecule has 1 amide bonds. The summed E-state index contributed by atoms with van der Waals surface area (Å²) in [5.41, 5.74) is 0.965. The van der Waals surface area contributed by atoms with E-state index in [0.717, 1.165) is 5.57 Å². The van der Waals surface area contributed by atoms with E-state index in [1.54, 1.807) is 12.1 Å². The average Bonchev–Trinajstić information content (AvgIpc) is 2.69. The fourth-order valence-electron chi connectivity index (χ4n) is 0.978. The molecule has 1 N–H and O–H groups in total. The summed E-state index contributed by atoms with van der Waals surface area (Å²) in [6.07, 6.45) is 1.46. The number of hydrogen-bond donors (Lipinski definition) is 1. The van der Waals surface area contributed by atoms with Crippen molar-refractivity contribution in [2.24, 2.45) is 0 Å². The summed E-state index contributed by atoms with van der Waals surface area (Å²) in [6.45, 7) is 7.05. The molecule has 0 aliphatic rings. The second-order valence-electron chi connectivity index (χ2n) is 3.24. The van der Waals surface area contributed by atoms with Crippen LogP contribution in [-0.2, 0) is 4.74 Å². The van der Waals surface area contributed by atoms with Gasteiger partial charge >= 0.3 is 0 Å². The molecule has 0 saturated carbocycles. The number of carbonyl (C=O) groups is 1. The summed E-state index contributed by atoms with van der Waals surface area (Å²) < 4.78 is 10.1. The second-order valence-corrected chi connectivity index (χ2v) is 3.24. The third kappa shape index (κ3) is 4.46. The maximum Gasteiger partial charge on any atom is 0.287 e. The Labute approximate surface area is 88.9 Å². The summed E-state index contributed by atoms with van der Waals surface area (Å²) in [7, 11) is 0. The molecule has 4 nitrogen and oxygen atoms in total. The predicted molar refractivity (Wildman–Crippen MR) is 56.7 cm³/mol. The van der Waals surface area contributed by atoms with Gasteiger partial charge in [-0.2, -0.15) is 0 Å². The molecule has 0 bridgehead atoms. The van der Waals surface area contributed by atoms with Crippen molar-refractivity contribution in [3.8, 4) is 0 Å². The topological polar surface area (TPSA) is 51.5 Å². The van der Waals surface area contributed by atoms with Crippen LogP contribution in [0.4, 0.5) is 0 Å². The predicted octanol–water partition coefficient (Wildman–Crippen LogP) is 1.60. The van der Waals surface area contributed by atoms with E-state index in [1.165, 1.54) is 6.26 Å². The Morgan fingerprint density at radius 2 is 2.47 bits per heavy atom. The van der Waals surface area contributed by atoms with E-state index in [-0.39, 0.29) is 5.91 Å². The standard InChI is InChI=1S/C11H15NO3/c1-9(2)8-14-7-5-12-11(13)10-4-3-6-15-10/h3-4,6H,1,5,7-8H2,2H3,(H,12,13). The zero-order chi connectivity index (χ0) is 11.1. The molecular weight excluding hydrogens is 194 g/mol. The van der Waals surface area contributed by atoms with Crippen molar-refractivity contribution in [3.05, 3.63) is 36.3 Å². The van der Waals surface area contributed by atoms with Crippen LogP contribution in [0.15, 0.2) is 35.0 Å². The van der Waals surface area contributed by atoms with Gasteiger partial charge in [0.1, 0.15) is 0 Å². The van der Waals surface area contributed by atoms with Gasteiger partial charge in [-0.1, -0.05) is 12.2 Å². The lowest BCUT2D eigenvalue weighted by Gasteiger charge is -2.04. The maximum absolute atomic E-state index is 11.3. The summed E-state index contributed by atoms with van der Waals surface area (Å²) in [5.74, 6) is 0.0915. The van der Waals surface area contributed by atoms with E-state index in [4.69, 9.17) is 9.15 Å². The van der Waals surface area contributed by atoms with E-state index in [9.17, 15) is 4.79 Å². The van der Waals surface area contributed by atoms with Crippen LogP contribution in [0, 0.1) is 0 Å². The molecule has 0 fully saturated rings.